The monoisotopic (exact) mass is 535 g/mol. The minimum atomic E-state index is -3.59. The van der Waals surface area contributed by atoms with E-state index in [2.05, 4.69) is 19.9 Å². The predicted octanol–water partition coefficient (Wildman–Crippen LogP) is 3.34. The molecule has 1 N–H and O–H groups in total. The molecule has 11 heteroatoms. The second kappa shape index (κ2) is 10.1. The zero-order chi connectivity index (χ0) is 26.2. The van der Waals surface area contributed by atoms with Crippen molar-refractivity contribution in [1.82, 2.24) is 24.2 Å². The number of pyridine rings is 2. The van der Waals surface area contributed by atoms with Crippen molar-refractivity contribution >= 4 is 21.2 Å². The summed E-state index contributed by atoms with van der Waals surface area (Å²) in [6, 6.07) is 12.7. The molecule has 0 amide bonds. The van der Waals surface area contributed by atoms with Crippen molar-refractivity contribution in [1.29, 1.82) is 0 Å². The van der Waals surface area contributed by atoms with Crippen LogP contribution in [0.3, 0.4) is 0 Å². The minimum Gasteiger partial charge on any atom is -0.497 e. The van der Waals surface area contributed by atoms with Crippen LogP contribution in [-0.4, -0.2) is 71.9 Å². The normalized spacial score (nSPS) is 17.8. The number of piperidine rings is 1. The highest BCUT2D eigenvalue weighted by Crippen LogP contribution is 2.34. The summed E-state index contributed by atoms with van der Waals surface area (Å²) in [4.78, 5) is 17.1. The van der Waals surface area contributed by atoms with Gasteiger partial charge in [-0.3, -0.25) is 4.98 Å². The molecule has 0 unspecified atom stereocenters. The van der Waals surface area contributed by atoms with Gasteiger partial charge in [-0.1, -0.05) is 12.1 Å². The Morgan fingerprint density at radius 3 is 2.50 bits per heavy atom. The van der Waals surface area contributed by atoms with E-state index in [-0.39, 0.29) is 4.90 Å². The molecule has 0 bridgehead atoms. The van der Waals surface area contributed by atoms with Crippen LogP contribution in [0.25, 0.3) is 22.3 Å². The molecule has 2 aliphatic heterocycles. The maximum absolute atomic E-state index is 13.2. The van der Waals surface area contributed by atoms with Gasteiger partial charge in [0.1, 0.15) is 11.6 Å². The van der Waals surface area contributed by atoms with Crippen LogP contribution < -0.4 is 4.74 Å². The number of methoxy groups -OCH3 is 1. The summed E-state index contributed by atoms with van der Waals surface area (Å²) in [6.07, 6.45) is 5.98. The number of benzene rings is 1. The first-order chi connectivity index (χ1) is 18.4. The standard InChI is InChI=1S/C27H29N5O5S/c1-35-22-8-11-28-21(17-22)4-7-25-30-24-16-20(18-29-26(24)31-25)19-2-5-23(6-3-19)38(33,34)32-12-9-27(10-13-32)36-14-15-37-27/h2-3,5-6,8,11,16-18H,4,7,9-10,12-15H2,1H3,(H,29,30,31). The number of aromatic amines is 1. The number of aromatic nitrogens is 4. The summed E-state index contributed by atoms with van der Waals surface area (Å²) in [5.41, 5.74) is 4.14. The van der Waals surface area contributed by atoms with E-state index in [0.717, 1.165) is 40.3 Å². The molecule has 0 saturated carbocycles. The van der Waals surface area contributed by atoms with Crippen LogP contribution in [0.4, 0.5) is 0 Å². The van der Waals surface area contributed by atoms with Crippen molar-refractivity contribution in [3.63, 3.8) is 0 Å². The summed E-state index contributed by atoms with van der Waals surface area (Å²) < 4.78 is 44.7. The van der Waals surface area contributed by atoms with Crippen LogP contribution in [0.1, 0.15) is 24.4 Å². The molecule has 1 spiro atoms. The zero-order valence-electron chi connectivity index (χ0n) is 21.1. The Balaban J connectivity index is 1.14. The number of ether oxygens (including phenoxy) is 3. The largest absolute Gasteiger partial charge is 0.497 e. The van der Waals surface area contributed by atoms with Gasteiger partial charge in [0, 0.05) is 62.1 Å². The quantitative estimate of drug-likeness (QED) is 0.383. The lowest BCUT2D eigenvalue weighted by atomic mass is 10.1. The van der Waals surface area contributed by atoms with Crippen LogP contribution in [-0.2, 0) is 32.3 Å². The van der Waals surface area contributed by atoms with Gasteiger partial charge in [-0.2, -0.15) is 4.31 Å². The van der Waals surface area contributed by atoms with Gasteiger partial charge in [0.2, 0.25) is 10.0 Å². The fraction of sp³-hybridized carbons (Fsp3) is 0.370. The third-order valence-corrected chi connectivity index (χ3v) is 9.06. The van der Waals surface area contributed by atoms with Crippen molar-refractivity contribution in [2.75, 3.05) is 33.4 Å². The maximum Gasteiger partial charge on any atom is 0.243 e. The number of nitrogens with one attached hydrogen (secondary N) is 1. The van der Waals surface area contributed by atoms with E-state index < -0.39 is 15.8 Å². The first-order valence-corrected chi connectivity index (χ1v) is 14.1. The van der Waals surface area contributed by atoms with Crippen LogP contribution in [0.2, 0.25) is 0 Å². The van der Waals surface area contributed by atoms with Crippen molar-refractivity contribution in [3.05, 3.63) is 66.4 Å². The van der Waals surface area contributed by atoms with E-state index in [1.165, 1.54) is 4.31 Å². The molecule has 38 heavy (non-hydrogen) atoms. The van der Waals surface area contributed by atoms with E-state index in [1.54, 1.807) is 31.6 Å². The molecule has 0 atom stereocenters. The molecule has 0 radical (unpaired) electrons. The van der Waals surface area contributed by atoms with Crippen molar-refractivity contribution in [3.8, 4) is 16.9 Å². The van der Waals surface area contributed by atoms with Gasteiger partial charge in [-0.15, -0.1) is 0 Å². The topological polar surface area (TPSA) is 120 Å². The zero-order valence-corrected chi connectivity index (χ0v) is 21.9. The fourth-order valence-corrected chi connectivity index (χ4v) is 6.46. The van der Waals surface area contributed by atoms with Crippen LogP contribution in [0.5, 0.6) is 5.75 Å². The predicted molar refractivity (Wildman–Crippen MR) is 140 cm³/mol. The number of fused-ring (bicyclic) bond motifs is 1. The Bertz CT molecular complexity index is 1540. The Labute approximate surface area is 221 Å². The molecular weight excluding hydrogens is 506 g/mol. The number of aryl methyl sites for hydroxylation is 2. The van der Waals surface area contributed by atoms with E-state index in [1.807, 2.05) is 30.3 Å². The first kappa shape index (κ1) is 24.9. The number of nitrogens with zero attached hydrogens (tertiary/aromatic N) is 4. The first-order valence-electron chi connectivity index (χ1n) is 12.7. The molecule has 3 aromatic heterocycles. The maximum atomic E-state index is 13.2. The van der Waals surface area contributed by atoms with Crippen molar-refractivity contribution < 1.29 is 22.6 Å². The summed E-state index contributed by atoms with van der Waals surface area (Å²) in [5.74, 6) is 0.995. The highest BCUT2D eigenvalue weighted by atomic mass is 32.2. The third kappa shape index (κ3) is 4.90. The molecule has 4 aromatic rings. The summed E-state index contributed by atoms with van der Waals surface area (Å²) >= 11 is 0. The van der Waals surface area contributed by atoms with E-state index >= 15 is 0 Å². The summed E-state index contributed by atoms with van der Waals surface area (Å²) in [6.45, 7) is 1.88. The molecule has 2 fully saturated rings. The number of H-pyrrole nitrogens is 1. The van der Waals surface area contributed by atoms with Gasteiger partial charge in [0.05, 0.1) is 30.7 Å². The molecule has 198 valence electrons. The van der Waals surface area contributed by atoms with Gasteiger partial charge < -0.3 is 19.2 Å². The fourth-order valence-electron chi connectivity index (χ4n) is 5.01. The smallest absolute Gasteiger partial charge is 0.243 e. The molecule has 2 aliphatic rings. The van der Waals surface area contributed by atoms with Gasteiger partial charge >= 0.3 is 0 Å². The molecule has 1 aromatic carbocycles. The van der Waals surface area contributed by atoms with Gasteiger partial charge in [-0.05, 0) is 36.2 Å². The highest BCUT2D eigenvalue weighted by Gasteiger charge is 2.42. The molecular formula is C27H29N5O5S. The lowest BCUT2D eigenvalue weighted by molar-refractivity contribution is -0.179. The van der Waals surface area contributed by atoms with Gasteiger partial charge in [-0.25, -0.2) is 18.4 Å². The average molecular weight is 536 g/mol. The third-order valence-electron chi connectivity index (χ3n) is 7.15. The van der Waals surface area contributed by atoms with Crippen LogP contribution >= 0.6 is 0 Å². The van der Waals surface area contributed by atoms with Gasteiger partial charge in [0.15, 0.2) is 11.4 Å². The number of hydrogen-bond donors (Lipinski definition) is 1. The molecule has 10 nitrogen and oxygen atoms in total. The summed E-state index contributed by atoms with van der Waals surface area (Å²) in [5, 5.41) is 0. The van der Waals surface area contributed by atoms with E-state index in [9.17, 15) is 8.42 Å². The Morgan fingerprint density at radius 2 is 1.76 bits per heavy atom. The van der Waals surface area contributed by atoms with Crippen LogP contribution in [0.15, 0.2) is 59.8 Å². The lowest BCUT2D eigenvalue weighted by Gasteiger charge is -2.36. The Kier molecular flexibility index (Phi) is 6.60. The molecule has 5 heterocycles. The summed E-state index contributed by atoms with van der Waals surface area (Å²) in [7, 11) is -1.96. The second-order valence-electron chi connectivity index (χ2n) is 9.50. The second-order valence-corrected chi connectivity index (χ2v) is 11.4. The van der Waals surface area contributed by atoms with Crippen LogP contribution in [0, 0.1) is 0 Å². The Morgan fingerprint density at radius 1 is 1.00 bits per heavy atom. The van der Waals surface area contributed by atoms with E-state index in [0.29, 0.717) is 51.2 Å². The number of hydrogen-bond acceptors (Lipinski definition) is 8. The van der Waals surface area contributed by atoms with Gasteiger partial charge in [0.25, 0.3) is 0 Å². The van der Waals surface area contributed by atoms with Crippen molar-refractivity contribution in [2.45, 2.75) is 36.4 Å². The number of sulfonamides is 1. The Hall–Kier alpha value is -3.38. The average Bonchev–Trinajstić information content (AvgIpc) is 3.58. The number of rotatable bonds is 7. The minimum absolute atomic E-state index is 0.273. The molecule has 6 rings (SSSR count). The lowest BCUT2D eigenvalue weighted by Crippen LogP contribution is -2.47. The van der Waals surface area contributed by atoms with E-state index in [4.69, 9.17) is 14.2 Å². The molecule has 2 saturated heterocycles. The molecule has 0 aliphatic carbocycles. The highest BCUT2D eigenvalue weighted by molar-refractivity contribution is 7.89. The number of imidazole rings is 1. The van der Waals surface area contributed by atoms with Crippen molar-refractivity contribution in [2.24, 2.45) is 0 Å². The SMILES string of the molecule is COc1ccnc(CCc2nc3ncc(-c4ccc(S(=O)(=O)N5CCC6(CC5)OCCO6)cc4)cc3[nH]2)c1.